The highest BCUT2D eigenvalue weighted by Crippen LogP contribution is 2.46. The summed E-state index contributed by atoms with van der Waals surface area (Å²) in [6.07, 6.45) is 5.05. The third-order valence-electron chi connectivity index (χ3n) is 6.47. The first-order valence-electron chi connectivity index (χ1n) is 10.7. The predicted octanol–water partition coefficient (Wildman–Crippen LogP) is 6.16. The summed E-state index contributed by atoms with van der Waals surface area (Å²) in [5.74, 6) is 0.536. The summed E-state index contributed by atoms with van der Waals surface area (Å²) in [6.45, 7) is 13.6. The van der Waals surface area contributed by atoms with Gasteiger partial charge in [0, 0.05) is 5.56 Å². The van der Waals surface area contributed by atoms with Crippen molar-refractivity contribution in [2.24, 2.45) is 10.2 Å². The second-order valence-electron chi connectivity index (χ2n) is 9.54. The number of phenolic OH excluding ortho intramolecular Hbond substituents is 1. The molecule has 3 rings (SSSR count). The van der Waals surface area contributed by atoms with Gasteiger partial charge in [0.1, 0.15) is 0 Å². The lowest BCUT2D eigenvalue weighted by Crippen LogP contribution is -2.34. The molecule has 0 heterocycles. The van der Waals surface area contributed by atoms with Crippen LogP contribution in [0, 0.1) is 0 Å². The standard InChI is InChI=1S/C26H34N2O2/c1-8-19-14-21-22(26(5,6)12-11-25(21,3)4)15-20(19)17(2)28-27-16-18-9-10-23(29)24(13-18)30-7/h9-10,13-16,29H,8,11-12H2,1-7H3/b27-16+,28-17+. The number of hydrogen-bond donors (Lipinski definition) is 1. The van der Waals surface area contributed by atoms with E-state index in [9.17, 15) is 5.11 Å². The molecule has 2 aromatic rings. The topological polar surface area (TPSA) is 54.2 Å². The van der Waals surface area contributed by atoms with Gasteiger partial charge >= 0.3 is 0 Å². The van der Waals surface area contributed by atoms with Gasteiger partial charge in [0.05, 0.1) is 19.0 Å². The molecule has 1 N–H and O–H groups in total. The van der Waals surface area contributed by atoms with Crippen molar-refractivity contribution in [1.29, 1.82) is 0 Å². The van der Waals surface area contributed by atoms with E-state index in [-0.39, 0.29) is 16.6 Å². The van der Waals surface area contributed by atoms with Crippen LogP contribution < -0.4 is 4.74 Å². The van der Waals surface area contributed by atoms with Crippen molar-refractivity contribution < 1.29 is 9.84 Å². The van der Waals surface area contributed by atoms with Crippen LogP contribution >= 0.6 is 0 Å². The number of aromatic hydroxyl groups is 1. The molecular formula is C26H34N2O2. The molecule has 0 amide bonds. The Morgan fingerprint density at radius 1 is 1.07 bits per heavy atom. The Hall–Kier alpha value is -2.62. The molecule has 1 aliphatic rings. The first-order valence-corrected chi connectivity index (χ1v) is 10.7. The van der Waals surface area contributed by atoms with Gasteiger partial charge in [-0.1, -0.05) is 40.7 Å². The molecule has 0 spiro atoms. The average Bonchev–Trinajstić information content (AvgIpc) is 2.71. The van der Waals surface area contributed by atoms with Crippen LogP contribution in [-0.4, -0.2) is 24.1 Å². The van der Waals surface area contributed by atoms with E-state index in [0.717, 1.165) is 17.7 Å². The minimum atomic E-state index is 0.113. The minimum Gasteiger partial charge on any atom is -0.504 e. The lowest BCUT2D eigenvalue weighted by atomic mass is 9.62. The Labute approximate surface area is 180 Å². The summed E-state index contributed by atoms with van der Waals surface area (Å²) in [5, 5.41) is 18.5. The van der Waals surface area contributed by atoms with Gasteiger partial charge in [-0.25, -0.2) is 0 Å². The normalized spacial score (nSPS) is 17.8. The van der Waals surface area contributed by atoms with Gasteiger partial charge in [0.2, 0.25) is 0 Å². The zero-order valence-corrected chi connectivity index (χ0v) is 19.3. The summed E-state index contributed by atoms with van der Waals surface area (Å²) >= 11 is 0. The van der Waals surface area contributed by atoms with Crippen molar-refractivity contribution in [3.05, 3.63) is 58.1 Å². The number of aryl methyl sites for hydroxylation is 1. The Balaban J connectivity index is 1.98. The molecule has 30 heavy (non-hydrogen) atoms. The van der Waals surface area contributed by atoms with Crippen molar-refractivity contribution in [2.75, 3.05) is 7.11 Å². The molecule has 0 saturated heterocycles. The van der Waals surface area contributed by atoms with Crippen LogP contribution in [0.5, 0.6) is 11.5 Å². The molecular weight excluding hydrogens is 372 g/mol. The molecule has 0 unspecified atom stereocenters. The van der Waals surface area contributed by atoms with E-state index >= 15 is 0 Å². The molecule has 0 saturated carbocycles. The minimum absolute atomic E-state index is 0.113. The number of nitrogens with zero attached hydrogens (tertiary/aromatic N) is 2. The summed E-state index contributed by atoms with van der Waals surface area (Å²) in [6, 6.07) is 9.88. The second kappa shape index (κ2) is 8.25. The van der Waals surface area contributed by atoms with E-state index in [0.29, 0.717) is 5.75 Å². The lowest BCUT2D eigenvalue weighted by molar-refractivity contribution is 0.331. The van der Waals surface area contributed by atoms with Gasteiger partial charge in [0.15, 0.2) is 11.5 Å². The number of benzene rings is 2. The van der Waals surface area contributed by atoms with E-state index in [1.165, 1.54) is 42.2 Å². The molecule has 0 aromatic heterocycles. The van der Waals surface area contributed by atoms with Crippen molar-refractivity contribution in [3.63, 3.8) is 0 Å². The summed E-state index contributed by atoms with van der Waals surface area (Å²) in [5.41, 5.74) is 7.53. The number of rotatable bonds is 5. The number of fused-ring (bicyclic) bond motifs is 1. The number of methoxy groups -OCH3 is 1. The average molecular weight is 407 g/mol. The molecule has 0 fully saturated rings. The van der Waals surface area contributed by atoms with E-state index in [4.69, 9.17) is 4.74 Å². The van der Waals surface area contributed by atoms with Gasteiger partial charge in [-0.15, -0.1) is 0 Å². The third kappa shape index (κ3) is 4.28. The van der Waals surface area contributed by atoms with E-state index in [1.807, 2.05) is 6.92 Å². The van der Waals surface area contributed by atoms with Crippen LogP contribution in [0.25, 0.3) is 0 Å². The zero-order valence-electron chi connectivity index (χ0n) is 19.3. The fraction of sp³-hybridized carbons (Fsp3) is 0.462. The summed E-state index contributed by atoms with van der Waals surface area (Å²) < 4.78 is 5.15. The second-order valence-corrected chi connectivity index (χ2v) is 9.54. The first kappa shape index (κ1) is 22.1. The summed E-state index contributed by atoms with van der Waals surface area (Å²) in [7, 11) is 1.53. The molecule has 1 aliphatic carbocycles. The van der Waals surface area contributed by atoms with Crippen LogP contribution in [-0.2, 0) is 17.3 Å². The smallest absolute Gasteiger partial charge is 0.161 e. The van der Waals surface area contributed by atoms with Crippen molar-refractivity contribution >= 4 is 11.9 Å². The highest BCUT2D eigenvalue weighted by Gasteiger charge is 2.37. The Bertz CT molecular complexity index is 1000. The molecule has 0 bridgehead atoms. The van der Waals surface area contributed by atoms with Crippen molar-refractivity contribution in [1.82, 2.24) is 0 Å². The molecule has 0 aliphatic heterocycles. The van der Waals surface area contributed by atoms with Gasteiger partial charge in [0.25, 0.3) is 0 Å². The highest BCUT2D eigenvalue weighted by molar-refractivity contribution is 6.00. The number of ether oxygens (including phenoxy) is 1. The summed E-state index contributed by atoms with van der Waals surface area (Å²) in [4.78, 5) is 0. The largest absolute Gasteiger partial charge is 0.504 e. The molecule has 2 aromatic carbocycles. The Morgan fingerprint density at radius 3 is 2.30 bits per heavy atom. The SMILES string of the molecule is CCc1cc2c(cc1/C(C)=N/N=C/c1ccc(O)c(OC)c1)C(C)(C)CCC2(C)C. The van der Waals surface area contributed by atoms with Gasteiger partial charge in [-0.2, -0.15) is 10.2 Å². The van der Waals surface area contributed by atoms with Gasteiger partial charge in [-0.05, 0) is 83.5 Å². The Morgan fingerprint density at radius 2 is 1.70 bits per heavy atom. The van der Waals surface area contributed by atoms with Crippen LogP contribution in [0.2, 0.25) is 0 Å². The van der Waals surface area contributed by atoms with Crippen molar-refractivity contribution in [3.8, 4) is 11.5 Å². The lowest BCUT2D eigenvalue weighted by Gasteiger charge is -2.42. The van der Waals surface area contributed by atoms with Crippen LogP contribution in [0.4, 0.5) is 0 Å². The number of phenols is 1. The maximum atomic E-state index is 9.73. The highest BCUT2D eigenvalue weighted by atomic mass is 16.5. The van der Waals surface area contributed by atoms with E-state index in [1.54, 1.807) is 24.4 Å². The van der Waals surface area contributed by atoms with Crippen LogP contribution in [0.15, 0.2) is 40.5 Å². The number of hydrogen-bond acceptors (Lipinski definition) is 4. The van der Waals surface area contributed by atoms with E-state index in [2.05, 4.69) is 57.0 Å². The predicted molar refractivity (Wildman–Crippen MR) is 126 cm³/mol. The van der Waals surface area contributed by atoms with Gasteiger partial charge < -0.3 is 9.84 Å². The maximum Gasteiger partial charge on any atom is 0.161 e. The monoisotopic (exact) mass is 406 g/mol. The van der Waals surface area contributed by atoms with Crippen LogP contribution in [0.1, 0.15) is 82.2 Å². The quantitative estimate of drug-likeness (QED) is 0.478. The van der Waals surface area contributed by atoms with Crippen LogP contribution in [0.3, 0.4) is 0 Å². The molecule has 0 atom stereocenters. The molecule has 160 valence electrons. The Kier molecular flexibility index (Phi) is 6.07. The van der Waals surface area contributed by atoms with Crippen molar-refractivity contribution in [2.45, 2.75) is 71.6 Å². The molecule has 0 radical (unpaired) electrons. The molecule has 4 nitrogen and oxygen atoms in total. The maximum absolute atomic E-state index is 9.73. The zero-order chi connectivity index (χ0) is 22.1. The third-order valence-corrected chi connectivity index (χ3v) is 6.47. The fourth-order valence-corrected chi connectivity index (χ4v) is 4.30. The first-order chi connectivity index (χ1) is 14.1. The van der Waals surface area contributed by atoms with Gasteiger partial charge in [-0.3, -0.25) is 0 Å². The van der Waals surface area contributed by atoms with E-state index < -0.39 is 0 Å². The molecule has 4 heteroatoms. The fourth-order valence-electron chi connectivity index (χ4n) is 4.30.